The topological polar surface area (TPSA) is 37.8 Å². The Balaban J connectivity index is 2.42. The summed E-state index contributed by atoms with van der Waals surface area (Å²) in [6, 6.07) is 0. The molecule has 0 saturated heterocycles. The molecular weight excluding hydrogens is 222 g/mol. The third-order valence-corrected chi connectivity index (χ3v) is 3.36. The minimum absolute atomic E-state index is 0.905. The van der Waals surface area contributed by atoms with Crippen LogP contribution in [0.25, 0.3) is 5.57 Å². The van der Waals surface area contributed by atoms with Crippen LogP contribution in [0.3, 0.4) is 0 Å². The number of hydrogen-bond donors (Lipinski definition) is 1. The maximum Gasteiger partial charge on any atom is 0.133 e. The standard InChI is InChI=1S/C15H23N3/c1-4-8-13-17-14(12-9-6-7-10-12)11(3)15(18-13)16-5-2/h9H,4-8,10H2,1-3H3,(H,16,17,18). The molecule has 0 radical (unpaired) electrons. The van der Waals surface area contributed by atoms with Gasteiger partial charge in [-0.05, 0) is 45.1 Å². The Morgan fingerprint density at radius 3 is 2.72 bits per heavy atom. The molecule has 0 spiro atoms. The Kier molecular flexibility index (Phi) is 4.34. The van der Waals surface area contributed by atoms with Crippen molar-refractivity contribution >= 4 is 11.4 Å². The number of hydrogen-bond acceptors (Lipinski definition) is 3. The molecule has 1 heterocycles. The summed E-state index contributed by atoms with van der Waals surface area (Å²) in [5.41, 5.74) is 3.78. The van der Waals surface area contributed by atoms with Gasteiger partial charge in [-0.3, -0.25) is 0 Å². The number of rotatable bonds is 5. The molecule has 3 nitrogen and oxygen atoms in total. The first-order chi connectivity index (χ1) is 8.76. The molecule has 0 bridgehead atoms. The van der Waals surface area contributed by atoms with Crippen molar-refractivity contribution in [3.63, 3.8) is 0 Å². The fourth-order valence-electron chi connectivity index (χ4n) is 2.44. The van der Waals surface area contributed by atoms with Crippen LogP contribution in [0.1, 0.15) is 56.6 Å². The van der Waals surface area contributed by atoms with E-state index >= 15 is 0 Å². The number of nitrogens with one attached hydrogen (secondary N) is 1. The minimum Gasteiger partial charge on any atom is -0.370 e. The average molecular weight is 245 g/mol. The van der Waals surface area contributed by atoms with Crippen LogP contribution in [-0.4, -0.2) is 16.5 Å². The molecule has 1 aromatic heterocycles. The van der Waals surface area contributed by atoms with E-state index in [0.717, 1.165) is 37.4 Å². The van der Waals surface area contributed by atoms with Crippen molar-refractivity contribution in [2.24, 2.45) is 0 Å². The summed E-state index contributed by atoms with van der Waals surface area (Å²) in [5.74, 6) is 1.99. The van der Waals surface area contributed by atoms with Gasteiger partial charge in [0.15, 0.2) is 0 Å². The van der Waals surface area contributed by atoms with Gasteiger partial charge in [0, 0.05) is 18.5 Å². The second-order valence-electron chi connectivity index (χ2n) is 4.86. The van der Waals surface area contributed by atoms with Crippen LogP contribution in [0.2, 0.25) is 0 Å². The van der Waals surface area contributed by atoms with Crippen molar-refractivity contribution in [2.45, 2.75) is 52.9 Å². The molecule has 0 fully saturated rings. The highest BCUT2D eigenvalue weighted by Crippen LogP contribution is 2.30. The zero-order valence-corrected chi connectivity index (χ0v) is 11.7. The monoisotopic (exact) mass is 245 g/mol. The second kappa shape index (κ2) is 5.98. The summed E-state index contributed by atoms with van der Waals surface area (Å²) in [7, 11) is 0. The fraction of sp³-hybridized carbons (Fsp3) is 0.600. The molecule has 3 heteroatoms. The predicted octanol–water partition coefficient (Wildman–Crippen LogP) is 3.74. The molecule has 1 N–H and O–H groups in total. The van der Waals surface area contributed by atoms with Gasteiger partial charge in [0.25, 0.3) is 0 Å². The minimum atomic E-state index is 0.905. The van der Waals surface area contributed by atoms with E-state index < -0.39 is 0 Å². The largest absolute Gasteiger partial charge is 0.370 e. The molecule has 1 aliphatic carbocycles. The molecule has 0 amide bonds. The molecule has 0 aliphatic heterocycles. The van der Waals surface area contributed by atoms with Crippen molar-refractivity contribution in [3.8, 4) is 0 Å². The zero-order valence-electron chi connectivity index (χ0n) is 11.7. The Labute approximate surface area is 110 Å². The van der Waals surface area contributed by atoms with Gasteiger partial charge in [0.1, 0.15) is 11.6 Å². The van der Waals surface area contributed by atoms with Crippen LogP contribution in [0.4, 0.5) is 5.82 Å². The average Bonchev–Trinajstić information content (AvgIpc) is 2.87. The lowest BCUT2D eigenvalue weighted by Gasteiger charge is -2.13. The number of allylic oxidation sites excluding steroid dienone is 2. The van der Waals surface area contributed by atoms with Crippen LogP contribution in [-0.2, 0) is 6.42 Å². The molecule has 0 atom stereocenters. The van der Waals surface area contributed by atoms with E-state index in [1.165, 1.54) is 29.7 Å². The molecule has 1 aromatic rings. The van der Waals surface area contributed by atoms with Crippen LogP contribution in [0, 0.1) is 6.92 Å². The number of aryl methyl sites for hydroxylation is 1. The number of nitrogens with zero attached hydrogens (tertiary/aromatic N) is 2. The van der Waals surface area contributed by atoms with Crippen molar-refractivity contribution in [1.82, 2.24) is 9.97 Å². The van der Waals surface area contributed by atoms with E-state index in [-0.39, 0.29) is 0 Å². The van der Waals surface area contributed by atoms with E-state index in [9.17, 15) is 0 Å². The van der Waals surface area contributed by atoms with E-state index in [2.05, 4.69) is 37.1 Å². The maximum absolute atomic E-state index is 4.77. The van der Waals surface area contributed by atoms with Gasteiger partial charge < -0.3 is 5.32 Å². The van der Waals surface area contributed by atoms with Crippen molar-refractivity contribution in [1.29, 1.82) is 0 Å². The smallest absolute Gasteiger partial charge is 0.133 e. The predicted molar refractivity (Wildman–Crippen MR) is 76.8 cm³/mol. The van der Waals surface area contributed by atoms with Crippen molar-refractivity contribution < 1.29 is 0 Å². The van der Waals surface area contributed by atoms with Crippen LogP contribution >= 0.6 is 0 Å². The zero-order chi connectivity index (χ0) is 13.0. The molecule has 1 aliphatic rings. The lowest BCUT2D eigenvalue weighted by atomic mass is 10.1. The first-order valence-electron chi connectivity index (χ1n) is 7.07. The molecule has 0 aromatic carbocycles. The van der Waals surface area contributed by atoms with Gasteiger partial charge >= 0.3 is 0 Å². The molecule has 0 saturated carbocycles. The van der Waals surface area contributed by atoms with E-state index in [1.54, 1.807) is 0 Å². The summed E-state index contributed by atoms with van der Waals surface area (Å²) in [6.45, 7) is 7.31. The third-order valence-electron chi connectivity index (χ3n) is 3.36. The molecule has 98 valence electrons. The number of aromatic nitrogens is 2. The van der Waals surface area contributed by atoms with Gasteiger partial charge in [0.2, 0.25) is 0 Å². The Morgan fingerprint density at radius 2 is 2.11 bits per heavy atom. The Bertz CT molecular complexity index is 449. The van der Waals surface area contributed by atoms with Gasteiger partial charge in [0.05, 0.1) is 5.69 Å². The van der Waals surface area contributed by atoms with Gasteiger partial charge in [-0.25, -0.2) is 9.97 Å². The first-order valence-corrected chi connectivity index (χ1v) is 7.07. The maximum atomic E-state index is 4.77. The van der Waals surface area contributed by atoms with Crippen molar-refractivity contribution in [2.75, 3.05) is 11.9 Å². The van der Waals surface area contributed by atoms with Gasteiger partial charge in [-0.1, -0.05) is 13.0 Å². The van der Waals surface area contributed by atoms with Crippen molar-refractivity contribution in [3.05, 3.63) is 23.2 Å². The van der Waals surface area contributed by atoms with Crippen LogP contribution in [0.5, 0.6) is 0 Å². The highest BCUT2D eigenvalue weighted by Gasteiger charge is 2.15. The molecule has 18 heavy (non-hydrogen) atoms. The second-order valence-corrected chi connectivity index (χ2v) is 4.86. The summed E-state index contributed by atoms with van der Waals surface area (Å²) in [6.07, 6.45) is 8.00. The normalized spacial score (nSPS) is 14.7. The lowest BCUT2D eigenvalue weighted by Crippen LogP contribution is -2.09. The number of anilines is 1. The van der Waals surface area contributed by atoms with E-state index in [4.69, 9.17) is 4.98 Å². The summed E-state index contributed by atoms with van der Waals surface area (Å²) >= 11 is 0. The Morgan fingerprint density at radius 1 is 1.28 bits per heavy atom. The molecule has 2 rings (SSSR count). The molecular formula is C15H23N3. The van der Waals surface area contributed by atoms with Crippen LogP contribution < -0.4 is 5.32 Å². The van der Waals surface area contributed by atoms with Gasteiger partial charge in [-0.15, -0.1) is 0 Å². The Hall–Kier alpha value is -1.38. The quantitative estimate of drug-likeness (QED) is 0.858. The van der Waals surface area contributed by atoms with Crippen LogP contribution in [0.15, 0.2) is 6.08 Å². The summed E-state index contributed by atoms with van der Waals surface area (Å²) < 4.78 is 0. The highest BCUT2D eigenvalue weighted by molar-refractivity contribution is 5.70. The van der Waals surface area contributed by atoms with E-state index in [1.807, 2.05) is 0 Å². The fourth-order valence-corrected chi connectivity index (χ4v) is 2.44. The molecule has 0 unspecified atom stereocenters. The lowest BCUT2D eigenvalue weighted by molar-refractivity contribution is 0.824. The highest BCUT2D eigenvalue weighted by atomic mass is 15.0. The van der Waals surface area contributed by atoms with E-state index in [0.29, 0.717) is 0 Å². The van der Waals surface area contributed by atoms with Gasteiger partial charge in [-0.2, -0.15) is 0 Å². The first kappa shape index (κ1) is 13.1. The summed E-state index contributed by atoms with van der Waals surface area (Å²) in [5, 5.41) is 3.36. The third kappa shape index (κ3) is 2.71. The SMILES string of the molecule is CCCc1nc(NCC)c(C)c(C2=CCCC2)n1. The summed E-state index contributed by atoms with van der Waals surface area (Å²) in [4.78, 5) is 9.40.